The topological polar surface area (TPSA) is 106 Å². The molecule has 1 aromatic heterocycles. The first-order valence-electron chi connectivity index (χ1n) is 11.2. The molecular weight excluding hydrogens is 454 g/mol. The molecule has 0 spiro atoms. The van der Waals surface area contributed by atoms with E-state index in [2.05, 4.69) is 19.9 Å². The van der Waals surface area contributed by atoms with Crippen LogP contribution in [0.1, 0.15) is 19.8 Å². The SMILES string of the molecule is CCOc1ccccc1O[C@@H]1CCCN(c2cncc(Nc3ccc(NS(C)(=O)=O)cc3)n2)C1. The predicted octanol–water partition coefficient (Wildman–Crippen LogP) is 4.04. The molecule has 0 saturated carbocycles. The second kappa shape index (κ2) is 10.6. The number of benzene rings is 2. The van der Waals surface area contributed by atoms with E-state index in [1.807, 2.05) is 31.2 Å². The van der Waals surface area contributed by atoms with Crippen LogP contribution < -0.4 is 24.4 Å². The minimum Gasteiger partial charge on any atom is -0.490 e. The van der Waals surface area contributed by atoms with E-state index >= 15 is 0 Å². The number of sulfonamides is 1. The van der Waals surface area contributed by atoms with Gasteiger partial charge >= 0.3 is 0 Å². The van der Waals surface area contributed by atoms with Crippen molar-refractivity contribution in [3.63, 3.8) is 0 Å². The highest BCUT2D eigenvalue weighted by Crippen LogP contribution is 2.30. The van der Waals surface area contributed by atoms with Crippen molar-refractivity contribution in [2.75, 3.05) is 40.9 Å². The largest absolute Gasteiger partial charge is 0.490 e. The van der Waals surface area contributed by atoms with E-state index in [9.17, 15) is 8.42 Å². The Kier molecular flexibility index (Phi) is 7.36. The predicted molar refractivity (Wildman–Crippen MR) is 134 cm³/mol. The van der Waals surface area contributed by atoms with Crippen LogP contribution in [0, 0.1) is 0 Å². The van der Waals surface area contributed by atoms with Gasteiger partial charge in [-0.25, -0.2) is 13.4 Å². The van der Waals surface area contributed by atoms with Crippen LogP contribution >= 0.6 is 0 Å². The summed E-state index contributed by atoms with van der Waals surface area (Å²) < 4.78 is 37.2. The fraction of sp³-hybridized carbons (Fsp3) is 0.333. The number of hydrogen-bond acceptors (Lipinski definition) is 8. The van der Waals surface area contributed by atoms with Gasteiger partial charge < -0.3 is 19.7 Å². The summed E-state index contributed by atoms with van der Waals surface area (Å²) in [6, 6.07) is 14.7. The second-order valence-electron chi connectivity index (χ2n) is 8.05. The molecule has 9 nitrogen and oxygen atoms in total. The highest BCUT2D eigenvalue weighted by Gasteiger charge is 2.24. The molecule has 2 aromatic carbocycles. The van der Waals surface area contributed by atoms with E-state index < -0.39 is 10.0 Å². The number of para-hydroxylation sites is 2. The molecule has 2 N–H and O–H groups in total. The average molecular weight is 484 g/mol. The monoisotopic (exact) mass is 483 g/mol. The fourth-order valence-electron chi connectivity index (χ4n) is 3.80. The first-order chi connectivity index (χ1) is 16.4. The van der Waals surface area contributed by atoms with Gasteiger partial charge in [0.25, 0.3) is 0 Å². The van der Waals surface area contributed by atoms with Crippen LogP contribution in [0.2, 0.25) is 0 Å². The van der Waals surface area contributed by atoms with Gasteiger partial charge in [-0.15, -0.1) is 0 Å². The van der Waals surface area contributed by atoms with Gasteiger partial charge in [-0.3, -0.25) is 9.71 Å². The van der Waals surface area contributed by atoms with Gasteiger partial charge in [-0.05, 0) is 56.2 Å². The molecule has 0 amide bonds. The highest BCUT2D eigenvalue weighted by atomic mass is 32.2. The third kappa shape index (κ3) is 6.50. The molecule has 1 saturated heterocycles. The molecule has 1 atom stereocenters. The van der Waals surface area contributed by atoms with Crippen molar-refractivity contribution in [2.45, 2.75) is 25.9 Å². The smallest absolute Gasteiger partial charge is 0.229 e. The molecule has 3 aromatic rings. The molecule has 0 unspecified atom stereocenters. The zero-order valence-corrected chi connectivity index (χ0v) is 20.1. The Morgan fingerprint density at radius 1 is 1.06 bits per heavy atom. The number of rotatable bonds is 9. The average Bonchev–Trinajstić information content (AvgIpc) is 2.81. The molecule has 1 fully saturated rings. The Morgan fingerprint density at radius 3 is 2.53 bits per heavy atom. The summed E-state index contributed by atoms with van der Waals surface area (Å²) in [6.45, 7) is 4.12. The third-order valence-electron chi connectivity index (χ3n) is 5.23. The number of aromatic nitrogens is 2. The summed E-state index contributed by atoms with van der Waals surface area (Å²) in [5, 5.41) is 3.22. The molecular formula is C24H29N5O4S. The van der Waals surface area contributed by atoms with Crippen LogP contribution in [0.5, 0.6) is 11.5 Å². The summed E-state index contributed by atoms with van der Waals surface area (Å²) in [5.74, 6) is 2.88. The third-order valence-corrected chi connectivity index (χ3v) is 5.83. The number of hydrogen-bond donors (Lipinski definition) is 2. The molecule has 34 heavy (non-hydrogen) atoms. The van der Waals surface area contributed by atoms with Crippen molar-refractivity contribution in [3.05, 3.63) is 60.9 Å². The summed E-state index contributed by atoms with van der Waals surface area (Å²) in [5.41, 5.74) is 1.27. The van der Waals surface area contributed by atoms with Gasteiger partial charge in [0, 0.05) is 17.9 Å². The maximum absolute atomic E-state index is 11.4. The molecule has 1 aliphatic heterocycles. The van der Waals surface area contributed by atoms with Crippen molar-refractivity contribution >= 4 is 33.0 Å². The maximum Gasteiger partial charge on any atom is 0.229 e. The van der Waals surface area contributed by atoms with Crippen LogP contribution in [0.4, 0.5) is 23.0 Å². The lowest BCUT2D eigenvalue weighted by molar-refractivity contribution is 0.170. The van der Waals surface area contributed by atoms with Crippen LogP contribution in [0.15, 0.2) is 60.9 Å². The van der Waals surface area contributed by atoms with Crippen molar-refractivity contribution in [1.82, 2.24) is 9.97 Å². The van der Waals surface area contributed by atoms with Gasteiger partial charge in [-0.2, -0.15) is 0 Å². The maximum atomic E-state index is 11.4. The highest BCUT2D eigenvalue weighted by molar-refractivity contribution is 7.92. The normalized spacial score (nSPS) is 16.1. The van der Waals surface area contributed by atoms with Gasteiger partial charge in [0.2, 0.25) is 10.0 Å². The lowest BCUT2D eigenvalue weighted by Crippen LogP contribution is -2.41. The van der Waals surface area contributed by atoms with E-state index in [1.165, 1.54) is 0 Å². The zero-order valence-electron chi connectivity index (χ0n) is 19.3. The van der Waals surface area contributed by atoms with E-state index in [0.717, 1.165) is 48.6 Å². The molecule has 0 radical (unpaired) electrons. The minimum atomic E-state index is -3.31. The zero-order chi connectivity index (χ0) is 24.0. The van der Waals surface area contributed by atoms with E-state index in [-0.39, 0.29) is 6.10 Å². The second-order valence-corrected chi connectivity index (χ2v) is 9.80. The van der Waals surface area contributed by atoms with Crippen molar-refractivity contribution < 1.29 is 17.9 Å². The Labute approximate surface area is 200 Å². The van der Waals surface area contributed by atoms with Crippen LogP contribution in [-0.2, 0) is 10.0 Å². The lowest BCUT2D eigenvalue weighted by atomic mass is 10.1. The van der Waals surface area contributed by atoms with Crippen LogP contribution in [-0.4, -0.2) is 50.4 Å². The Morgan fingerprint density at radius 2 is 1.79 bits per heavy atom. The Balaban J connectivity index is 1.41. The molecule has 4 rings (SSSR count). The summed E-state index contributed by atoms with van der Waals surface area (Å²) in [4.78, 5) is 11.2. The van der Waals surface area contributed by atoms with E-state index in [0.29, 0.717) is 24.7 Å². The number of piperidine rings is 1. The quantitative estimate of drug-likeness (QED) is 0.470. The standard InChI is InChI=1S/C24H29N5O4S/c1-3-32-21-8-4-5-9-22(21)33-20-7-6-14-29(17-20)24-16-25-15-23(27-24)26-18-10-12-19(13-11-18)28-34(2,30)31/h4-5,8-13,15-16,20,28H,3,6-7,14,17H2,1-2H3,(H,26,27)/t20-/m1/s1. The summed E-state index contributed by atoms with van der Waals surface area (Å²) >= 11 is 0. The van der Waals surface area contributed by atoms with E-state index in [1.54, 1.807) is 36.7 Å². The van der Waals surface area contributed by atoms with Gasteiger partial charge in [0.15, 0.2) is 17.3 Å². The number of anilines is 4. The molecule has 1 aliphatic rings. The Hall–Kier alpha value is -3.53. The minimum absolute atomic E-state index is 0.0173. The van der Waals surface area contributed by atoms with Gasteiger partial charge in [0.05, 0.1) is 31.8 Å². The van der Waals surface area contributed by atoms with E-state index in [4.69, 9.17) is 14.5 Å². The molecule has 10 heteroatoms. The van der Waals surface area contributed by atoms with Gasteiger partial charge in [0.1, 0.15) is 11.9 Å². The molecule has 180 valence electrons. The lowest BCUT2D eigenvalue weighted by Gasteiger charge is -2.33. The Bertz CT molecular complexity index is 1200. The number of nitrogens with one attached hydrogen (secondary N) is 2. The van der Waals surface area contributed by atoms with Crippen LogP contribution in [0.25, 0.3) is 0 Å². The number of ether oxygens (including phenoxy) is 2. The van der Waals surface area contributed by atoms with Crippen molar-refractivity contribution in [1.29, 1.82) is 0 Å². The van der Waals surface area contributed by atoms with Crippen molar-refractivity contribution in [3.8, 4) is 11.5 Å². The summed E-state index contributed by atoms with van der Waals surface area (Å²) in [6.07, 6.45) is 6.48. The van der Waals surface area contributed by atoms with Gasteiger partial charge in [-0.1, -0.05) is 12.1 Å². The molecule has 0 aliphatic carbocycles. The molecule has 0 bridgehead atoms. The fourth-order valence-corrected chi connectivity index (χ4v) is 4.36. The first kappa shape index (κ1) is 23.6. The first-order valence-corrected chi connectivity index (χ1v) is 13.1. The molecule has 2 heterocycles. The summed E-state index contributed by atoms with van der Waals surface area (Å²) in [7, 11) is -3.31. The van der Waals surface area contributed by atoms with Crippen LogP contribution in [0.3, 0.4) is 0 Å². The van der Waals surface area contributed by atoms with Crippen molar-refractivity contribution in [2.24, 2.45) is 0 Å². The number of nitrogens with zero attached hydrogens (tertiary/aromatic N) is 3.